The van der Waals surface area contributed by atoms with Crippen LogP contribution in [0.2, 0.25) is 0 Å². The molecule has 0 spiro atoms. The maximum atomic E-state index is 13.4. The first-order chi connectivity index (χ1) is 9.44. The molecule has 20 heavy (non-hydrogen) atoms. The van der Waals surface area contributed by atoms with Gasteiger partial charge in [0.1, 0.15) is 5.82 Å². The predicted octanol–water partition coefficient (Wildman–Crippen LogP) is 2.05. The van der Waals surface area contributed by atoms with Crippen molar-refractivity contribution >= 4 is 33.0 Å². The quantitative estimate of drug-likeness (QED) is 0.907. The molecule has 1 aromatic heterocycles. The first-order valence-electron chi connectivity index (χ1n) is 5.52. The first-order valence-corrected chi connectivity index (χ1v) is 7.88. The van der Waals surface area contributed by atoms with Crippen molar-refractivity contribution in [3.63, 3.8) is 0 Å². The van der Waals surface area contributed by atoms with Crippen molar-refractivity contribution in [1.29, 1.82) is 0 Å². The van der Waals surface area contributed by atoms with Crippen molar-refractivity contribution in [2.75, 3.05) is 11.8 Å². The van der Waals surface area contributed by atoms with Crippen molar-refractivity contribution in [2.24, 2.45) is 0 Å². The van der Waals surface area contributed by atoms with E-state index in [4.69, 9.17) is 0 Å². The minimum atomic E-state index is -3.92. The summed E-state index contributed by atoms with van der Waals surface area (Å²) in [6.45, 7) is 0. The minimum absolute atomic E-state index is 0.0793. The molecule has 1 heterocycles. The van der Waals surface area contributed by atoms with Crippen LogP contribution in [0.3, 0.4) is 0 Å². The van der Waals surface area contributed by atoms with Gasteiger partial charge in [-0.3, -0.25) is 9.52 Å². The highest BCUT2D eigenvalue weighted by Crippen LogP contribution is 2.23. The van der Waals surface area contributed by atoms with Crippen LogP contribution in [0, 0.1) is 5.82 Å². The molecule has 0 saturated carbocycles. The van der Waals surface area contributed by atoms with Gasteiger partial charge in [0.15, 0.2) is 0 Å². The molecular formula is C12H11FN2O3S2. The molecule has 0 saturated heterocycles. The molecule has 0 unspecified atom stereocenters. The Balaban J connectivity index is 2.29. The Morgan fingerprint density at radius 3 is 2.65 bits per heavy atom. The molecule has 2 N–H and O–H groups in total. The van der Waals surface area contributed by atoms with Gasteiger partial charge in [0, 0.05) is 12.4 Å². The molecule has 0 fully saturated rings. The summed E-state index contributed by atoms with van der Waals surface area (Å²) >= 11 is 0.999. The number of thiophene rings is 1. The van der Waals surface area contributed by atoms with E-state index in [0.717, 1.165) is 17.4 Å². The molecule has 0 atom stereocenters. The van der Waals surface area contributed by atoms with E-state index in [9.17, 15) is 17.6 Å². The van der Waals surface area contributed by atoms with E-state index in [2.05, 4.69) is 10.0 Å². The average Bonchev–Trinajstić information content (AvgIpc) is 2.91. The van der Waals surface area contributed by atoms with Crippen LogP contribution < -0.4 is 10.0 Å². The number of carbonyl (C=O) groups is 1. The third-order valence-electron chi connectivity index (χ3n) is 2.45. The average molecular weight is 314 g/mol. The first kappa shape index (κ1) is 14.5. The van der Waals surface area contributed by atoms with Crippen LogP contribution in [0.25, 0.3) is 0 Å². The van der Waals surface area contributed by atoms with Crippen molar-refractivity contribution in [3.05, 3.63) is 46.4 Å². The zero-order valence-corrected chi connectivity index (χ0v) is 12.0. The number of para-hydroxylation sites is 1. The highest BCUT2D eigenvalue weighted by Gasteiger charge is 2.19. The van der Waals surface area contributed by atoms with Crippen LogP contribution in [-0.4, -0.2) is 21.4 Å². The van der Waals surface area contributed by atoms with E-state index < -0.39 is 15.8 Å². The zero-order valence-electron chi connectivity index (χ0n) is 10.4. The van der Waals surface area contributed by atoms with E-state index in [0.29, 0.717) is 0 Å². The Hall–Kier alpha value is -1.93. The Labute approximate surface area is 119 Å². The van der Waals surface area contributed by atoms with Gasteiger partial charge < -0.3 is 5.32 Å². The topological polar surface area (TPSA) is 75.3 Å². The summed E-state index contributed by atoms with van der Waals surface area (Å²) in [5.74, 6) is -1.04. The summed E-state index contributed by atoms with van der Waals surface area (Å²) < 4.78 is 39.7. The number of carbonyl (C=O) groups excluding carboxylic acids is 1. The van der Waals surface area contributed by atoms with Crippen LogP contribution in [0.15, 0.2) is 40.6 Å². The van der Waals surface area contributed by atoms with E-state index in [-0.39, 0.29) is 21.4 Å². The van der Waals surface area contributed by atoms with E-state index in [1.54, 1.807) is 0 Å². The van der Waals surface area contributed by atoms with Crippen LogP contribution in [0.5, 0.6) is 0 Å². The molecule has 0 aliphatic rings. The fourth-order valence-electron chi connectivity index (χ4n) is 1.45. The van der Waals surface area contributed by atoms with Gasteiger partial charge in [0.25, 0.3) is 15.9 Å². The highest BCUT2D eigenvalue weighted by atomic mass is 32.2. The number of benzene rings is 1. The van der Waals surface area contributed by atoms with Crippen molar-refractivity contribution in [3.8, 4) is 0 Å². The normalized spacial score (nSPS) is 11.1. The molecule has 106 valence electrons. The monoisotopic (exact) mass is 314 g/mol. The number of amides is 1. The van der Waals surface area contributed by atoms with Gasteiger partial charge in [-0.15, -0.1) is 11.3 Å². The molecule has 0 aliphatic heterocycles. The van der Waals surface area contributed by atoms with Gasteiger partial charge in [-0.1, -0.05) is 12.1 Å². The fraction of sp³-hybridized carbons (Fsp3) is 0.0833. The lowest BCUT2D eigenvalue weighted by Crippen LogP contribution is -2.16. The summed E-state index contributed by atoms with van der Waals surface area (Å²) in [5, 5.41) is 3.73. The largest absolute Gasteiger partial charge is 0.354 e. The second-order valence-electron chi connectivity index (χ2n) is 3.81. The second kappa shape index (κ2) is 5.59. The number of halogens is 1. The number of hydrogen-bond acceptors (Lipinski definition) is 4. The lowest BCUT2D eigenvalue weighted by Gasteiger charge is -2.06. The van der Waals surface area contributed by atoms with E-state index in [1.807, 2.05) is 0 Å². The van der Waals surface area contributed by atoms with Gasteiger partial charge in [-0.2, -0.15) is 0 Å². The molecule has 2 aromatic rings. The van der Waals surface area contributed by atoms with Gasteiger partial charge >= 0.3 is 0 Å². The number of nitrogens with one attached hydrogen (secondary N) is 2. The van der Waals surface area contributed by atoms with Crippen LogP contribution in [-0.2, 0) is 10.0 Å². The summed E-state index contributed by atoms with van der Waals surface area (Å²) in [4.78, 5) is 11.6. The molecule has 1 amide bonds. The van der Waals surface area contributed by atoms with Crippen LogP contribution in [0.1, 0.15) is 9.67 Å². The van der Waals surface area contributed by atoms with E-state index >= 15 is 0 Å². The Morgan fingerprint density at radius 2 is 2.00 bits per heavy atom. The number of anilines is 1. The SMILES string of the molecule is CNC(=O)c1cc(S(=O)(=O)Nc2ccccc2F)cs1. The van der Waals surface area contributed by atoms with Crippen molar-refractivity contribution in [1.82, 2.24) is 5.32 Å². The zero-order chi connectivity index (χ0) is 14.8. The third-order valence-corrected chi connectivity index (χ3v) is 4.88. The second-order valence-corrected chi connectivity index (χ2v) is 6.40. The molecule has 1 aromatic carbocycles. The highest BCUT2D eigenvalue weighted by molar-refractivity contribution is 7.92. The molecule has 0 aliphatic carbocycles. The maximum Gasteiger partial charge on any atom is 0.262 e. The lowest BCUT2D eigenvalue weighted by molar-refractivity contribution is 0.0967. The summed E-state index contributed by atoms with van der Waals surface area (Å²) in [7, 11) is -2.46. The predicted molar refractivity (Wildman–Crippen MR) is 74.9 cm³/mol. The van der Waals surface area contributed by atoms with Gasteiger partial charge in [0.05, 0.1) is 15.5 Å². The Bertz CT molecular complexity index is 741. The number of rotatable bonds is 4. The summed E-state index contributed by atoms with van der Waals surface area (Å²) in [6, 6.07) is 6.69. The number of hydrogen-bond donors (Lipinski definition) is 2. The number of sulfonamides is 1. The van der Waals surface area contributed by atoms with Gasteiger partial charge in [0.2, 0.25) is 0 Å². The molecule has 2 rings (SSSR count). The Kier molecular flexibility index (Phi) is 4.05. The van der Waals surface area contributed by atoms with Crippen molar-refractivity contribution in [2.45, 2.75) is 4.90 Å². The smallest absolute Gasteiger partial charge is 0.262 e. The van der Waals surface area contributed by atoms with Crippen LogP contribution >= 0.6 is 11.3 Å². The summed E-state index contributed by atoms with van der Waals surface area (Å²) in [5.41, 5.74) is -0.139. The lowest BCUT2D eigenvalue weighted by atomic mass is 10.3. The molecule has 0 radical (unpaired) electrons. The standard InChI is InChI=1S/C12H11FN2O3S2/c1-14-12(16)11-6-8(7-19-11)20(17,18)15-10-5-3-2-4-9(10)13/h2-7,15H,1H3,(H,14,16). The van der Waals surface area contributed by atoms with E-state index in [1.165, 1.54) is 36.7 Å². The van der Waals surface area contributed by atoms with Gasteiger partial charge in [-0.25, -0.2) is 12.8 Å². The summed E-state index contributed by atoms with van der Waals surface area (Å²) in [6.07, 6.45) is 0. The minimum Gasteiger partial charge on any atom is -0.354 e. The molecule has 8 heteroatoms. The fourth-order valence-corrected chi connectivity index (χ4v) is 3.74. The van der Waals surface area contributed by atoms with Crippen LogP contribution in [0.4, 0.5) is 10.1 Å². The molecular weight excluding hydrogens is 303 g/mol. The maximum absolute atomic E-state index is 13.4. The molecule has 5 nitrogen and oxygen atoms in total. The van der Waals surface area contributed by atoms with Crippen molar-refractivity contribution < 1.29 is 17.6 Å². The molecule has 0 bridgehead atoms. The Morgan fingerprint density at radius 1 is 1.30 bits per heavy atom. The van der Waals surface area contributed by atoms with Gasteiger partial charge in [-0.05, 0) is 18.2 Å². The third kappa shape index (κ3) is 2.97.